The quantitative estimate of drug-likeness (QED) is 0.0266. The Morgan fingerprint density at radius 2 is 0.800 bits per heavy atom. The molecule has 0 aromatic carbocycles. The van der Waals surface area contributed by atoms with Crippen LogP contribution in [0.3, 0.4) is 0 Å². The number of hydrogen-bond acceptors (Lipinski definition) is 8. The Morgan fingerprint density at radius 1 is 0.462 bits per heavy atom. The van der Waals surface area contributed by atoms with Crippen LogP contribution < -0.4 is 5.73 Å². The van der Waals surface area contributed by atoms with E-state index in [1.807, 2.05) is 6.08 Å². The standard InChI is InChI=1S/C55H84NO8P/c1-3-5-7-9-11-13-15-17-19-21-22-23-24-25-26-27-28-29-30-32-34-36-38-40-42-44-46-48-55(58)64-53(52-63-65(59,60)62-50-49-56)51-61-54(57)47-45-43-41-39-37-35-33-31-20-18-16-14-12-10-8-6-4-2/h5-8,11-14,17-20,22-23,25-26,28-29,32-35,38-41,53H,3-4,9-10,15-16,21,24,27,30-31,36-37,42-52,56H2,1-2H3,(H,59,60)/b7-5-,8-6-,13-11-,14-12-,19-17-,20-18-,23-22-,26-25-,29-28-,34-32-,35-33-,40-38-,41-39-. The second kappa shape index (κ2) is 49.1. The summed E-state index contributed by atoms with van der Waals surface area (Å²) in [5, 5.41) is 0. The molecule has 9 nitrogen and oxygen atoms in total. The van der Waals surface area contributed by atoms with Crippen LogP contribution in [0.1, 0.15) is 142 Å². The maximum atomic E-state index is 12.6. The number of unbranched alkanes of at least 4 members (excludes halogenated alkanes) is 3. The first-order valence-electron chi connectivity index (χ1n) is 24.0. The van der Waals surface area contributed by atoms with Crippen molar-refractivity contribution in [2.45, 2.75) is 148 Å². The molecule has 0 amide bonds. The van der Waals surface area contributed by atoms with Gasteiger partial charge in [-0.05, 0) is 116 Å². The van der Waals surface area contributed by atoms with Crippen LogP contribution in [0.2, 0.25) is 0 Å². The highest BCUT2D eigenvalue weighted by Gasteiger charge is 2.25. The van der Waals surface area contributed by atoms with Gasteiger partial charge in [-0.25, -0.2) is 4.57 Å². The molecule has 65 heavy (non-hydrogen) atoms. The number of allylic oxidation sites excluding steroid dienone is 26. The second-order valence-corrected chi connectivity index (χ2v) is 16.3. The lowest BCUT2D eigenvalue weighted by atomic mass is 10.2. The second-order valence-electron chi connectivity index (χ2n) is 14.9. The largest absolute Gasteiger partial charge is 0.472 e. The molecule has 0 heterocycles. The zero-order chi connectivity index (χ0) is 47.4. The van der Waals surface area contributed by atoms with Crippen LogP contribution in [0.15, 0.2) is 158 Å². The molecule has 2 atom stereocenters. The molecule has 0 bridgehead atoms. The summed E-state index contributed by atoms with van der Waals surface area (Å²) in [6, 6.07) is 0. The third kappa shape index (κ3) is 48.9. The van der Waals surface area contributed by atoms with E-state index >= 15 is 0 Å². The number of carbonyl (C=O) groups is 2. The van der Waals surface area contributed by atoms with Gasteiger partial charge in [-0.15, -0.1) is 0 Å². The molecule has 0 saturated carbocycles. The first-order chi connectivity index (χ1) is 31.8. The molecule has 0 saturated heterocycles. The molecule has 0 radical (unpaired) electrons. The minimum atomic E-state index is -4.42. The van der Waals surface area contributed by atoms with Gasteiger partial charge in [0.15, 0.2) is 6.10 Å². The van der Waals surface area contributed by atoms with Crippen LogP contribution in [-0.4, -0.2) is 49.3 Å². The van der Waals surface area contributed by atoms with Crippen molar-refractivity contribution in [2.24, 2.45) is 5.73 Å². The summed E-state index contributed by atoms with van der Waals surface area (Å²) in [6.45, 7) is 3.35. The average molecular weight is 918 g/mol. The van der Waals surface area contributed by atoms with Crippen molar-refractivity contribution in [3.8, 4) is 0 Å². The molecule has 0 aliphatic rings. The lowest BCUT2D eigenvalue weighted by Crippen LogP contribution is -2.29. The fourth-order valence-electron chi connectivity index (χ4n) is 5.45. The van der Waals surface area contributed by atoms with Gasteiger partial charge < -0.3 is 20.1 Å². The Hall–Kier alpha value is -4.37. The Kier molecular flexibility index (Phi) is 45.8. The predicted molar refractivity (Wildman–Crippen MR) is 274 cm³/mol. The molecular formula is C55H84NO8P. The van der Waals surface area contributed by atoms with Crippen molar-refractivity contribution in [3.05, 3.63) is 158 Å². The number of ether oxygens (including phenoxy) is 2. The van der Waals surface area contributed by atoms with Crippen molar-refractivity contribution in [3.63, 3.8) is 0 Å². The van der Waals surface area contributed by atoms with E-state index in [0.29, 0.717) is 19.3 Å². The highest BCUT2D eigenvalue weighted by molar-refractivity contribution is 7.47. The fraction of sp³-hybridized carbons (Fsp3) is 0.491. The van der Waals surface area contributed by atoms with Crippen LogP contribution in [0.4, 0.5) is 0 Å². The first kappa shape index (κ1) is 60.6. The SMILES string of the molecule is CC/C=C\C/C=C\C/C=C\C/C=C\C/C=C\C/C=C\C/C=C\C/C=C\CCCCC(=O)OC(COC(=O)CCC/C=C\C/C=C\C/C=C\C/C=C\C/C=C\CC)COP(=O)(O)OCCN. The molecule has 0 aromatic rings. The maximum absolute atomic E-state index is 12.6. The van der Waals surface area contributed by atoms with E-state index in [2.05, 4.69) is 166 Å². The van der Waals surface area contributed by atoms with Crippen molar-refractivity contribution < 1.29 is 37.6 Å². The molecule has 0 spiro atoms. The number of rotatable bonds is 42. The van der Waals surface area contributed by atoms with Gasteiger partial charge in [0.2, 0.25) is 0 Å². The summed E-state index contributed by atoms with van der Waals surface area (Å²) < 4.78 is 32.7. The molecule has 0 aliphatic carbocycles. The van der Waals surface area contributed by atoms with Crippen LogP contribution in [0.5, 0.6) is 0 Å². The van der Waals surface area contributed by atoms with Gasteiger partial charge in [0, 0.05) is 19.4 Å². The minimum absolute atomic E-state index is 0.0283. The van der Waals surface area contributed by atoms with Crippen molar-refractivity contribution in [2.75, 3.05) is 26.4 Å². The number of carbonyl (C=O) groups excluding carboxylic acids is 2. The summed E-state index contributed by atoms with van der Waals surface area (Å²) in [5.74, 6) is -0.967. The molecule has 0 rings (SSSR count). The Balaban J connectivity index is 4.31. The highest BCUT2D eigenvalue weighted by atomic mass is 31.2. The van der Waals surface area contributed by atoms with Gasteiger partial charge in [0.25, 0.3) is 0 Å². The third-order valence-corrected chi connectivity index (χ3v) is 9.89. The number of nitrogens with two attached hydrogens (primary N) is 1. The van der Waals surface area contributed by atoms with Gasteiger partial charge >= 0.3 is 19.8 Å². The van der Waals surface area contributed by atoms with Gasteiger partial charge in [0.05, 0.1) is 13.2 Å². The maximum Gasteiger partial charge on any atom is 0.472 e. The van der Waals surface area contributed by atoms with Crippen LogP contribution >= 0.6 is 7.82 Å². The zero-order valence-electron chi connectivity index (χ0n) is 39.9. The number of phosphoric ester groups is 1. The summed E-state index contributed by atoms with van der Waals surface area (Å²) in [7, 11) is -4.42. The lowest BCUT2D eigenvalue weighted by molar-refractivity contribution is -0.161. The summed E-state index contributed by atoms with van der Waals surface area (Å²) >= 11 is 0. The first-order valence-corrected chi connectivity index (χ1v) is 25.5. The molecule has 10 heteroatoms. The third-order valence-electron chi connectivity index (χ3n) is 8.91. The van der Waals surface area contributed by atoms with Gasteiger partial charge in [-0.2, -0.15) is 0 Å². The van der Waals surface area contributed by atoms with E-state index in [1.54, 1.807) is 0 Å². The van der Waals surface area contributed by atoms with Crippen molar-refractivity contribution in [1.29, 1.82) is 0 Å². The number of hydrogen-bond donors (Lipinski definition) is 2. The monoisotopic (exact) mass is 918 g/mol. The van der Waals surface area contributed by atoms with E-state index in [1.165, 1.54) is 0 Å². The van der Waals surface area contributed by atoms with Crippen LogP contribution in [-0.2, 0) is 32.7 Å². The minimum Gasteiger partial charge on any atom is -0.462 e. The zero-order valence-corrected chi connectivity index (χ0v) is 40.8. The van der Waals surface area contributed by atoms with Gasteiger partial charge in [-0.3, -0.25) is 18.6 Å². The normalized spacial score (nSPS) is 14.6. The van der Waals surface area contributed by atoms with E-state index in [9.17, 15) is 19.0 Å². The van der Waals surface area contributed by atoms with Crippen molar-refractivity contribution in [1.82, 2.24) is 0 Å². The predicted octanol–water partition coefficient (Wildman–Crippen LogP) is 14.6. The highest BCUT2D eigenvalue weighted by Crippen LogP contribution is 2.43. The van der Waals surface area contributed by atoms with E-state index in [0.717, 1.165) is 96.3 Å². The molecular weight excluding hydrogens is 834 g/mol. The molecule has 2 unspecified atom stereocenters. The summed E-state index contributed by atoms with van der Waals surface area (Å²) in [6.07, 6.45) is 71.5. The molecule has 0 fully saturated rings. The van der Waals surface area contributed by atoms with Crippen molar-refractivity contribution >= 4 is 19.8 Å². The van der Waals surface area contributed by atoms with Gasteiger partial charge in [-0.1, -0.05) is 172 Å². The number of esters is 2. The summed E-state index contributed by atoms with van der Waals surface area (Å²) in [4.78, 5) is 34.9. The van der Waals surface area contributed by atoms with E-state index < -0.39 is 32.5 Å². The number of phosphoric acid groups is 1. The van der Waals surface area contributed by atoms with Crippen LogP contribution in [0.25, 0.3) is 0 Å². The average Bonchev–Trinajstić information content (AvgIpc) is 3.30. The van der Waals surface area contributed by atoms with E-state index in [4.69, 9.17) is 24.3 Å². The smallest absolute Gasteiger partial charge is 0.462 e. The Labute approximate surface area is 394 Å². The molecule has 362 valence electrons. The fourth-order valence-corrected chi connectivity index (χ4v) is 6.21. The lowest BCUT2D eigenvalue weighted by Gasteiger charge is -2.19. The molecule has 0 aliphatic heterocycles. The Morgan fingerprint density at radius 3 is 1.17 bits per heavy atom. The van der Waals surface area contributed by atoms with Crippen LogP contribution in [0, 0.1) is 0 Å². The van der Waals surface area contributed by atoms with Gasteiger partial charge in [0.1, 0.15) is 6.61 Å². The Bertz CT molecular complexity index is 1610. The molecule has 3 N–H and O–H groups in total. The summed E-state index contributed by atoms with van der Waals surface area (Å²) in [5.41, 5.74) is 5.35. The van der Waals surface area contributed by atoms with E-state index in [-0.39, 0.29) is 32.6 Å². The topological polar surface area (TPSA) is 134 Å². The molecule has 0 aromatic heterocycles.